The van der Waals surface area contributed by atoms with E-state index in [-0.39, 0.29) is 15.5 Å². The molecule has 0 unspecified atom stereocenters. The molecule has 1 aliphatic rings. The van der Waals surface area contributed by atoms with E-state index in [2.05, 4.69) is 5.32 Å². The summed E-state index contributed by atoms with van der Waals surface area (Å²) in [5.74, 6) is -0.440. The third-order valence-electron chi connectivity index (χ3n) is 3.92. The van der Waals surface area contributed by atoms with E-state index in [1.54, 1.807) is 24.3 Å². The first-order valence-electron chi connectivity index (χ1n) is 7.64. The maximum absolute atomic E-state index is 12.6. The van der Waals surface area contributed by atoms with Gasteiger partial charge in [0, 0.05) is 18.8 Å². The number of rotatable bonds is 4. The van der Waals surface area contributed by atoms with Gasteiger partial charge in [-0.25, -0.2) is 8.42 Å². The second-order valence-corrected chi connectivity index (χ2v) is 7.92. The summed E-state index contributed by atoms with van der Waals surface area (Å²) in [5, 5.41) is 2.93. The normalized spacial score (nSPS) is 15.4. The van der Waals surface area contributed by atoms with E-state index in [1.807, 2.05) is 6.07 Å². The van der Waals surface area contributed by atoms with Crippen molar-refractivity contribution in [2.45, 2.75) is 17.7 Å². The van der Waals surface area contributed by atoms with Crippen LogP contribution in [0.15, 0.2) is 53.4 Å². The standard InChI is InChI=1S/C17H17ClN2O3S/c18-16-9-8-14(24(22,23)20-10-4-5-11-20)12-15(16)17(21)19-13-6-2-1-3-7-13/h1-3,6-9,12H,4-5,10-11H2,(H,19,21). The van der Waals surface area contributed by atoms with Crippen LogP contribution in [0.3, 0.4) is 0 Å². The molecule has 1 amide bonds. The summed E-state index contributed by atoms with van der Waals surface area (Å²) in [4.78, 5) is 12.5. The monoisotopic (exact) mass is 364 g/mol. The molecule has 1 heterocycles. The molecule has 0 radical (unpaired) electrons. The number of sulfonamides is 1. The number of nitrogens with one attached hydrogen (secondary N) is 1. The Balaban J connectivity index is 1.90. The van der Waals surface area contributed by atoms with Crippen molar-refractivity contribution >= 4 is 33.2 Å². The summed E-state index contributed by atoms with van der Waals surface area (Å²) in [5.41, 5.74) is 0.757. The van der Waals surface area contributed by atoms with Gasteiger partial charge in [-0.2, -0.15) is 4.31 Å². The van der Waals surface area contributed by atoms with Gasteiger partial charge in [0.2, 0.25) is 10.0 Å². The maximum atomic E-state index is 12.6. The number of amides is 1. The molecular weight excluding hydrogens is 348 g/mol. The molecule has 0 aliphatic carbocycles. The van der Waals surface area contributed by atoms with Crippen molar-refractivity contribution in [2.75, 3.05) is 18.4 Å². The Morgan fingerprint density at radius 1 is 1.04 bits per heavy atom. The van der Waals surface area contributed by atoms with E-state index < -0.39 is 15.9 Å². The lowest BCUT2D eigenvalue weighted by atomic mass is 10.2. The minimum atomic E-state index is -3.59. The summed E-state index contributed by atoms with van der Waals surface area (Å²) in [6, 6.07) is 13.2. The molecule has 0 bridgehead atoms. The molecule has 0 spiro atoms. The van der Waals surface area contributed by atoms with Gasteiger partial charge in [-0.1, -0.05) is 29.8 Å². The van der Waals surface area contributed by atoms with E-state index in [0.717, 1.165) is 12.8 Å². The zero-order chi connectivity index (χ0) is 17.2. The molecule has 2 aromatic carbocycles. The molecule has 7 heteroatoms. The molecule has 0 saturated carbocycles. The predicted octanol–water partition coefficient (Wildman–Crippen LogP) is 3.38. The summed E-state index contributed by atoms with van der Waals surface area (Å²) >= 11 is 6.10. The molecule has 3 rings (SSSR count). The van der Waals surface area contributed by atoms with Crippen LogP contribution in [0.1, 0.15) is 23.2 Å². The minimum absolute atomic E-state index is 0.0898. The van der Waals surface area contributed by atoms with Crippen molar-refractivity contribution in [1.82, 2.24) is 4.31 Å². The lowest BCUT2D eigenvalue weighted by molar-refractivity contribution is 0.102. The van der Waals surface area contributed by atoms with Crippen LogP contribution in [0.5, 0.6) is 0 Å². The first-order valence-corrected chi connectivity index (χ1v) is 9.46. The molecule has 0 aromatic heterocycles. The molecule has 1 aliphatic heterocycles. The van der Waals surface area contributed by atoms with Crippen LogP contribution in [-0.2, 0) is 10.0 Å². The number of halogens is 1. The first kappa shape index (κ1) is 17.0. The number of carbonyl (C=O) groups is 1. The molecule has 1 saturated heterocycles. The van der Waals surface area contributed by atoms with Gasteiger partial charge in [0.05, 0.1) is 15.5 Å². The number of nitrogens with zero attached hydrogens (tertiary/aromatic N) is 1. The lowest BCUT2D eigenvalue weighted by Crippen LogP contribution is -2.28. The number of para-hydroxylation sites is 1. The fourth-order valence-electron chi connectivity index (χ4n) is 2.64. The number of carbonyl (C=O) groups excluding carboxylic acids is 1. The van der Waals surface area contributed by atoms with Crippen molar-refractivity contribution in [3.63, 3.8) is 0 Å². The van der Waals surface area contributed by atoms with E-state index >= 15 is 0 Å². The fourth-order valence-corrected chi connectivity index (χ4v) is 4.38. The van der Waals surface area contributed by atoms with Gasteiger partial charge < -0.3 is 5.32 Å². The Morgan fingerprint density at radius 3 is 2.38 bits per heavy atom. The Bertz CT molecular complexity index is 847. The Labute approximate surface area is 146 Å². The molecule has 5 nitrogen and oxygen atoms in total. The SMILES string of the molecule is O=C(Nc1ccccc1)c1cc(S(=O)(=O)N2CCCC2)ccc1Cl. The third kappa shape index (κ3) is 3.45. The highest BCUT2D eigenvalue weighted by atomic mass is 35.5. The van der Waals surface area contributed by atoms with Crippen LogP contribution in [0.4, 0.5) is 5.69 Å². The molecule has 1 N–H and O–H groups in total. The Hall–Kier alpha value is -1.89. The minimum Gasteiger partial charge on any atom is -0.322 e. The summed E-state index contributed by atoms with van der Waals surface area (Å²) in [6.07, 6.45) is 1.71. The molecular formula is C17H17ClN2O3S. The van der Waals surface area contributed by atoms with Crippen LogP contribution in [0.2, 0.25) is 5.02 Å². The van der Waals surface area contributed by atoms with Gasteiger partial charge in [-0.15, -0.1) is 0 Å². The van der Waals surface area contributed by atoms with Gasteiger partial charge in [0.15, 0.2) is 0 Å². The number of anilines is 1. The highest BCUT2D eigenvalue weighted by Gasteiger charge is 2.28. The first-order chi connectivity index (χ1) is 11.5. The van der Waals surface area contributed by atoms with E-state index in [1.165, 1.54) is 22.5 Å². The molecule has 2 aromatic rings. The van der Waals surface area contributed by atoms with E-state index in [4.69, 9.17) is 11.6 Å². The Morgan fingerprint density at radius 2 is 1.71 bits per heavy atom. The van der Waals surface area contributed by atoms with E-state index in [9.17, 15) is 13.2 Å². The van der Waals surface area contributed by atoms with Crippen LogP contribution in [0, 0.1) is 0 Å². The Kier molecular flexibility index (Phi) is 4.89. The average Bonchev–Trinajstić information content (AvgIpc) is 3.11. The van der Waals surface area contributed by atoms with Gasteiger partial charge in [0.1, 0.15) is 0 Å². The molecule has 126 valence electrons. The number of benzene rings is 2. The highest BCUT2D eigenvalue weighted by molar-refractivity contribution is 7.89. The van der Waals surface area contributed by atoms with Crippen molar-refractivity contribution < 1.29 is 13.2 Å². The number of hydrogen-bond donors (Lipinski definition) is 1. The third-order valence-corrected chi connectivity index (χ3v) is 6.14. The maximum Gasteiger partial charge on any atom is 0.257 e. The van der Waals surface area contributed by atoms with Gasteiger partial charge in [-0.3, -0.25) is 4.79 Å². The lowest BCUT2D eigenvalue weighted by Gasteiger charge is -2.16. The van der Waals surface area contributed by atoms with Crippen LogP contribution >= 0.6 is 11.6 Å². The van der Waals surface area contributed by atoms with Gasteiger partial charge in [0.25, 0.3) is 5.91 Å². The smallest absolute Gasteiger partial charge is 0.257 e. The van der Waals surface area contributed by atoms with Crippen LogP contribution in [0.25, 0.3) is 0 Å². The second kappa shape index (κ2) is 6.93. The topological polar surface area (TPSA) is 66.5 Å². The average molecular weight is 365 g/mol. The molecule has 0 atom stereocenters. The zero-order valence-electron chi connectivity index (χ0n) is 12.9. The number of hydrogen-bond acceptors (Lipinski definition) is 3. The van der Waals surface area contributed by atoms with Crippen molar-refractivity contribution in [3.05, 3.63) is 59.1 Å². The van der Waals surface area contributed by atoms with E-state index in [0.29, 0.717) is 18.8 Å². The molecule has 24 heavy (non-hydrogen) atoms. The van der Waals surface area contributed by atoms with Crippen molar-refractivity contribution in [1.29, 1.82) is 0 Å². The van der Waals surface area contributed by atoms with Gasteiger partial charge >= 0.3 is 0 Å². The zero-order valence-corrected chi connectivity index (χ0v) is 14.5. The molecule has 1 fully saturated rings. The predicted molar refractivity (Wildman–Crippen MR) is 93.8 cm³/mol. The summed E-state index contributed by atoms with van der Waals surface area (Å²) in [6.45, 7) is 1.02. The van der Waals surface area contributed by atoms with Crippen molar-refractivity contribution in [3.8, 4) is 0 Å². The fraction of sp³-hybridized carbons (Fsp3) is 0.235. The van der Waals surface area contributed by atoms with Crippen LogP contribution < -0.4 is 5.32 Å². The quantitative estimate of drug-likeness (QED) is 0.904. The summed E-state index contributed by atoms with van der Waals surface area (Å²) in [7, 11) is -3.59. The largest absolute Gasteiger partial charge is 0.322 e. The second-order valence-electron chi connectivity index (χ2n) is 5.57. The summed E-state index contributed by atoms with van der Waals surface area (Å²) < 4.78 is 26.7. The van der Waals surface area contributed by atoms with Crippen LogP contribution in [-0.4, -0.2) is 31.7 Å². The highest BCUT2D eigenvalue weighted by Crippen LogP contribution is 2.26. The van der Waals surface area contributed by atoms with Gasteiger partial charge in [-0.05, 0) is 43.2 Å². The van der Waals surface area contributed by atoms with Crippen molar-refractivity contribution in [2.24, 2.45) is 0 Å².